The van der Waals surface area contributed by atoms with E-state index >= 15 is 0 Å². The molecule has 0 heterocycles. The molecule has 0 amide bonds. The van der Waals surface area contributed by atoms with E-state index in [1.54, 1.807) is 7.11 Å². The first-order valence-corrected chi connectivity index (χ1v) is 6.20. The van der Waals surface area contributed by atoms with Crippen LogP contribution < -0.4 is 4.74 Å². The zero-order chi connectivity index (χ0) is 11.3. The summed E-state index contributed by atoms with van der Waals surface area (Å²) >= 11 is 3.51. The van der Waals surface area contributed by atoms with Gasteiger partial charge in [0.05, 0.1) is 7.11 Å². The third-order valence-corrected chi connectivity index (χ3v) is 3.02. The van der Waals surface area contributed by atoms with E-state index in [0.717, 1.165) is 16.6 Å². The molecule has 0 unspecified atom stereocenters. The molecular weight excluding hydrogens is 252 g/mol. The van der Waals surface area contributed by atoms with Crippen molar-refractivity contribution in [1.29, 1.82) is 0 Å². The third-order valence-electron chi connectivity index (χ3n) is 2.38. The highest BCUT2D eigenvalue weighted by atomic mass is 79.9. The second-order valence-corrected chi connectivity index (χ2v) is 4.31. The molecule has 0 aliphatic rings. The largest absolute Gasteiger partial charge is 0.496 e. The zero-order valence-electron chi connectivity index (χ0n) is 9.46. The molecule has 0 aromatic heterocycles. The van der Waals surface area contributed by atoms with Gasteiger partial charge in [-0.3, -0.25) is 0 Å². The minimum atomic E-state index is 0.550. The molecule has 0 aliphatic carbocycles. The summed E-state index contributed by atoms with van der Waals surface area (Å²) in [4.78, 5) is 0. The van der Waals surface area contributed by atoms with Crippen molar-refractivity contribution in [2.24, 2.45) is 5.92 Å². The number of rotatable bonds is 4. The zero-order valence-corrected chi connectivity index (χ0v) is 11.0. The quantitative estimate of drug-likeness (QED) is 0.747. The standard InChI is InChI=1S/C13H17BrO/c1-10(2)12(9-14)8-11-6-4-5-7-13(11)15-3/h4-8,10H,9H2,1-3H3. The van der Waals surface area contributed by atoms with Crippen molar-refractivity contribution in [2.75, 3.05) is 12.4 Å². The Morgan fingerprint density at radius 1 is 1.40 bits per heavy atom. The summed E-state index contributed by atoms with van der Waals surface area (Å²) in [5.41, 5.74) is 2.52. The van der Waals surface area contributed by atoms with E-state index in [1.165, 1.54) is 5.57 Å². The van der Waals surface area contributed by atoms with Gasteiger partial charge < -0.3 is 4.74 Å². The summed E-state index contributed by atoms with van der Waals surface area (Å²) in [6.07, 6.45) is 2.19. The molecule has 82 valence electrons. The van der Waals surface area contributed by atoms with Crippen LogP contribution in [0.4, 0.5) is 0 Å². The number of hydrogen-bond acceptors (Lipinski definition) is 1. The van der Waals surface area contributed by atoms with Gasteiger partial charge in [0.15, 0.2) is 0 Å². The molecule has 1 nitrogen and oxygen atoms in total. The van der Waals surface area contributed by atoms with Gasteiger partial charge in [0, 0.05) is 10.9 Å². The van der Waals surface area contributed by atoms with Crippen LogP contribution >= 0.6 is 15.9 Å². The van der Waals surface area contributed by atoms with Gasteiger partial charge in [-0.05, 0) is 12.0 Å². The van der Waals surface area contributed by atoms with Crippen molar-refractivity contribution in [2.45, 2.75) is 13.8 Å². The first-order chi connectivity index (χ1) is 7.19. The average Bonchev–Trinajstić information content (AvgIpc) is 2.25. The average molecular weight is 269 g/mol. The highest BCUT2D eigenvalue weighted by Gasteiger charge is 2.04. The first kappa shape index (κ1) is 12.3. The van der Waals surface area contributed by atoms with Crippen molar-refractivity contribution in [3.05, 3.63) is 35.4 Å². The van der Waals surface area contributed by atoms with Crippen LogP contribution in [-0.2, 0) is 0 Å². The molecule has 0 fully saturated rings. The maximum Gasteiger partial charge on any atom is 0.126 e. The van der Waals surface area contributed by atoms with Gasteiger partial charge in [0.1, 0.15) is 5.75 Å². The maximum absolute atomic E-state index is 5.31. The van der Waals surface area contributed by atoms with E-state index in [-0.39, 0.29) is 0 Å². The lowest BCUT2D eigenvalue weighted by Crippen LogP contribution is -1.95. The summed E-state index contributed by atoms with van der Waals surface area (Å²) in [6, 6.07) is 8.07. The highest BCUT2D eigenvalue weighted by Crippen LogP contribution is 2.23. The Kier molecular flexibility index (Phi) is 4.89. The van der Waals surface area contributed by atoms with Gasteiger partial charge in [-0.15, -0.1) is 0 Å². The normalized spacial score (nSPS) is 11.9. The molecule has 0 spiro atoms. The Labute approximate surface area is 100 Å². The van der Waals surface area contributed by atoms with E-state index in [2.05, 4.69) is 41.9 Å². The van der Waals surface area contributed by atoms with E-state index in [1.807, 2.05) is 18.2 Å². The van der Waals surface area contributed by atoms with Crippen LogP contribution in [0.2, 0.25) is 0 Å². The summed E-state index contributed by atoms with van der Waals surface area (Å²) in [5, 5.41) is 0.905. The van der Waals surface area contributed by atoms with Gasteiger partial charge in [-0.1, -0.05) is 59.6 Å². The van der Waals surface area contributed by atoms with Crippen molar-refractivity contribution in [3.63, 3.8) is 0 Å². The molecule has 0 aliphatic heterocycles. The predicted molar refractivity (Wildman–Crippen MR) is 69.6 cm³/mol. The fourth-order valence-electron chi connectivity index (χ4n) is 1.34. The molecule has 1 aromatic rings. The highest BCUT2D eigenvalue weighted by molar-refractivity contribution is 9.09. The van der Waals surface area contributed by atoms with Crippen LogP contribution in [0.1, 0.15) is 19.4 Å². The minimum Gasteiger partial charge on any atom is -0.496 e. The van der Waals surface area contributed by atoms with Crippen molar-refractivity contribution in [3.8, 4) is 5.75 Å². The van der Waals surface area contributed by atoms with Gasteiger partial charge >= 0.3 is 0 Å². The molecule has 15 heavy (non-hydrogen) atoms. The molecule has 2 heteroatoms. The molecular formula is C13H17BrO. The van der Waals surface area contributed by atoms with E-state index in [4.69, 9.17) is 4.74 Å². The number of methoxy groups -OCH3 is 1. The van der Waals surface area contributed by atoms with Crippen LogP contribution in [-0.4, -0.2) is 12.4 Å². The molecule has 0 N–H and O–H groups in total. The number of allylic oxidation sites excluding steroid dienone is 1. The van der Waals surface area contributed by atoms with Crippen molar-refractivity contribution < 1.29 is 4.74 Å². The number of halogens is 1. The Morgan fingerprint density at radius 3 is 2.60 bits per heavy atom. The summed E-state index contributed by atoms with van der Waals surface area (Å²) in [7, 11) is 1.70. The lowest BCUT2D eigenvalue weighted by atomic mass is 10.0. The van der Waals surface area contributed by atoms with Gasteiger partial charge in [-0.2, -0.15) is 0 Å². The number of ether oxygens (including phenoxy) is 1. The molecule has 0 radical (unpaired) electrons. The monoisotopic (exact) mass is 268 g/mol. The van der Waals surface area contributed by atoms with Crippen LogP contribution in [0.25, 0.3) is 6.08 Å². The minimum absolute atomic E-state index is 0.550. The van der Waals surface area contributed by atoms with Crippen molar-refractivity contribution in [1.82, 2.24) is 0 Å². The van der Waals surface area contributed by atoms with Crippen LogP contribution in [0.5, 0.6) is 5.75 Å². The Hall–Kier alpha value is -0.760. The number of benzene rings is 1. The predicted octanol–water partition coefficient (Wildman–Crippen LogP) is 4.13. The lowest BCUT2D eigenvalue weighted by Gasteiger charge is -2.10. The number of para-hydroxylation sites is 1. The Bertz CT molecular complexity index is 342. The van der Waals surface area contributed by atoms with Gasteiger partial charge in [0.25, 0.3) is 0 Å². The second-order valence-electron chi connectivity index (χ2n) is 3.75. The smallest absolute Gasteiger partial charge is 0.126 e. The van der Waals surface area contributed by atoms with Crippen LogP contribution in [0, 0.1) is 5.92 Å². The van der Waals surface area contributed by atoms with E-state index in [0.29, 0.717) is 5.92 Å². The lowest BCUT2D eigenvalue weighted by molar-refractivity contribution is 0.414. The summed E-state index contributed by atoms with van der Waals surface area (Å²) in [5.74, 6) is 1.48. The fourth-order valence-corrected chi connectivity index (χ4v) is 2.15. The Balaban J connectivity index is 3.05. The van der Waals surface area contributed by atoms with E-state index < -0.39 is 0 Å². The molecule has 0 saturated carbocycles. The van der Waals surface area contributed by atoms with Crippen molar-refractivity contribution >= 4 is 22.0 Å². The topological polar surface area (TPSA) is 9.23 Å². The molecule has 1 rings (SSSR count). The second kappa shape index (κ2) is 5.96. The molecule has 0 bridgehead atoms. The summed E-state index contributed by atoms with van der Waals surface area (Å²) in [6.45, 7) is 4.39. The third kappa shape index (κ3) is 3.38. The molecule has 0 atom stereocenters. The first-order valence-electron chi connectivity index (χ1n) is 5.08. The van der Waals surface area contributed by atoms with Gasteiger partial charge in [-0.25, -0.2) is 0 Å². The fraction of sp³-hybridized carbons (Fsp3) is 0.385. The molecule has 1 aromatic carbocycles. The number of alkyl halides is 1. The van der Waals surface area contributed by atoms with Gasteiger partial charge in [0.2, 0.25) is 0 Å². The van der Waals surface area contributed by atoms with Crippen LogP contribution in [0.15, 0.2) is 29.8 Å². The summed E-state index contributed by atoms with van der Waals surface area (Å²) < 4.78 is 5.31. The maximum atomic E-state index is 5.31. The number of hydrogen-bond donors (Lipinski definition) is 0. The molecule has 0 saturated heterocycles. The Morgan fingerprint density at radius 2 is 2.07 bits per heavy atom. The SMILES string of the molecule is COc1ccccc1C=C(CBr)C(C)C. The van der Waals surface area contributed by atoms with Crippen LogP contribution in [0.3, 0.4) is 0 Å². The van der Waals surface area contributed by atoms with E-state index in [9.17, 15) is 0 Å².